The van der Waals surface area contributed by atoms with Crippen LogP contribution in [0.1, 0.15) is 23.6 Å². The molecule has 3 aliphatic heterocycles. The number of amides is 1. The van der Waals surface area contributed by atoms with Gasteiger partial charge in [-0.3, -0.25) is 9.59 Å². The molecule has 10 heteroatoms. The molecular formula is C25H25ClFN5O3. The van der Waals surface area contributed by atoms with Crippen molar-refractivity contribution in [2.75, 3.05) is 38.1 Å². The van der Waals surface area contributed by atoms with Crippen molar-refractivity contribution in [3.63, 3.8) is 0 Å². The Morgan fingerprint density at radius 1 is 1.23 bits per heavy atom. The lowest BCUT2D eigenvalue weighted by Gasteiger charge is -2.21. The van der Waals surface area contributed by atoms with Crippen molar-refractivity contribution in [1.82, 2.24) is 19.8 Å². The highest BCUT2D eigenvalue weighted by Crippen LogP contribution is 2.36. The average molecular weight is 498 g/mol. The maximum absolute atomic E-state index is 14.8. The minimum absolute atomic E-state index is 0.0311. The van der Waals surface area contributed by atoms with E-state index in [4.69, 9.17) is 16.3 Å². The van der Waals surface area contributed by atoms with E-state index in [1.165, 1.54) is 6.07 Å². The molecule has 1 fully saturated rings. The van der Waals surface area contributed by atoms with E-state index in [1.54, 1.807) is 28.8 Å². The third kappa shape index (κ3) is 4.17. The summed E-state index contributed by atoms with van der Waals surface area (Å²) in [5.74, 6) is 0.830. The van der Waals surface area contributed by atoms with Gasteiger partial charge < -0.3 is 24.8 Å². The van der Waals surface area contributed by atoms with Crippen LogP contribution in [-0.2, 0) is 17.9 Å². The Kier molecular flexibility index (Phi) is 5.70. The van der Waals surface area contributed by atoms with Gasteiger partial charge in [-0.25, -0.2) is 9.37 Å². The maximum atomic E-state index is 14.8. The standard InChI is InChI=1S/C25H25ClFN5O3/c26-17-7-20-25(30-21(33)13-35-20)29-19(17)9-28-8-14-5-6-31(10-14)11-16-12-32-22(34)4-2-15-1-3-18(27)23(16)24(15)32/h1-4,7,14,16,28H,5-6,8-13H2,(H,29,30,33)/t14-,16?/m1/s1. The van der Waals surface area contributed by atoms with E-state index in [-0.39, 0.29) is 29.8 Å². The number of rotatable bonds is 6. The highest BCUT2D eigenvalue weighted by atomic mass is 35.5. The van der Waals surface area contributed by atoms with Crippen LogP contribution in [0.5, 0.6) is 5.75 Å². The first kappa shape index (κ1) is 22.5. The number of nitrogens with zero attached hydrogens (tertiary/aromatic N) is 3. The number of aromatic nitrogens is 2. The van der Waals surface area contributed by atoms with E-state index in [1.807, 2.05) is 0 Å². The molecule has 3 aliphatic rings. The van der Waals surface area contributed by atoms with Crippen molar-refractivity contribution in [3.8, 4) is 5.75 Å². The second-order valence-corrected chi connectivity index (χ2v) is 9.93. The van der Waals surface area contributed by atoms with Gasteiger partial charge in [0.15, 0.2) is 18.2 Å². The van der Waals surface area contributed by atoms with Crippen LogP contribution in [0.25, 0.3) is 10.9 Å². The van der Waals surface area contributed by atoms with Crippen LogP contribution in [-0.4, -0.2) is 53.1 Å². The zero-order valence-corrected chi connectivity index (χ0v) is 19.8. The third-order valence-corrected chi connectivity index (χ3v) is 7.48. The van der Waals surface area contributed by atoms with Crippen LogP contribution in [0, 0.1) is 11.7 Å². The molecule has 1 amide bonds. The number of anilines is 1. The molecule has 2 atom stereocenters. The summed E-state index contributed by atoms with van der Waals surface area (Å²) in [5, 5.41) is 7.54. The van der Waals surface area contributed by atoms with Gasteiger partial charge in [0.25, 0.3) is 11.5 Å². The summed E-state index contributed by atoms with van der Waals surface area (Å²) in [7, 11) is 0. The molecule has 5 heterocycles. The van der Waals surface area contributed by atoms with E-state index in [0.717, 1.165) is 43.5 Å². The molecule has 1 unspecified atom stereocenters. The van der Waals surface area contributed by atoms with Gasteiger partial charge in [0.05, 0.1) is 16.2 Å². The molecule has 0 spiro atoms. The Labute approximate surface area is 206 Å². The van der Waals surface area contributed by atoms with Gasteiger partial charge in [0.2, 0.25) is 0 Å². The third-order valence-electron chi connectivity index (χ3n) is 7.15. The number of ether oxygens (including phenoxy) is 1. The van der Waals surface area contributed by atoms with Crippen molar-refractivity contribution in [2.45, 2.75) is 25.4 Å². The summed E-state index contributed by atoms with van der Waals surface area (Å²) in [6, 6.07) is 8.28. The number of hydrogen-bond acceptors (Lipinski definition) is 6. The molecule has 0 aliphatic carbocycles. The molecule has 6 rings (SSSR count). The number of halogens is 2. The van der Waals surface area contributed by atoms with Crippen molar-refractivity contribution in [1.29, 1.82) is 0 Å². The van der Waals surface area contributed by atoms with E-state index in [2.05, 4.69) is 20.5 Å². The maximum Gasteiger partial charge on any atom is 0.263 e. The van der Waals surface area contributed by atoms with E-state index in [0.29, 0.717) is 46.9 Å². The number of fused-ring (bicyclic) bond motifs is 1. The van der Waals surface area contributed by atoms with Crippen molar-refractivity contribution in [3.05, 3.63) is 62.8 Å². The fraction of sp³-hybridized carbons (Fsp3) is 0.400. The lowest BCUT2D eigenvalue weighted by atomic mass is 9.98. The number of carbonyl (C=O) groups excluding carboxylic acids is 1. The molecular weight excluding hydrogens is 473 g/mol. The van der Waals surface area contributed by atoms with Gasteiger partial charge in [-0.15, -0.1) is 0 Å². The molecule has 8 nitrogen and oxygen atoms in total. The lowest BCUT2D eigenvalue weighted by Crippen LogP contribution is -2.30. The van der Waals surface area contributed by atoms with E-state index < -0.39 is 0 Å². The summed E-state index contributed by atoms with van der Waals surface area (Å²) < 4.78 is 21.8. The van der Waals surface area contributed by atoms with Crippen molar-refractivity contribution in [2.24, 2.45) is 5.92 Å². The smallest absolute Gasteiger partial charge is 0.263 e. The Hall–Kier alpha value is -3.01. The Balaban J connectivity index is 1.06. The van der Waals surface area contributed by atoms with Crippen molar-refractivity contribution >= 4 is 34.2 Å². The fourth-order valence-electron chi connectivity index (χ4n) is 5.52. The van der Waals surface area contributed by atoms with Gasteiger partial charge in [0, 0.05) is 49.8 Å². The molecule has 2 N–H and O–H groups in total. The number of likely N-dealkylation sites (tertiary alicyclic amines) is 1. The predicted molar refractivity (Wildman–Crippen MR) is 131 cm³/mol. The number of hydrogen-bond donors (Lipinski definition) is 2. The van der Waals surface area contributed by atoms with Crippen LogP contribution in [0.2, 0.25) is 5.02 Å². The first-order valence-corrected chi connectivity index (χ1v) is 12.2. The van der Waals surface area contributed by atoms with E-state index in [9.17, 15) is 14.0 Å². The van der Waals surface area contributed by atoms with Gasteiger partial charge >= 0.3 is 0 Å². The van der Waals surface area contributed by atoms with Gasteiger partial charge in [-0.1, -0.05) is 11.6 Å². The monoisotopic (exact) mass is 497 g/mol. The lowest BCUT2D eigenvalue weighted by molar-refractivity contribution is -0.118. The summed E-state index contributed by atoms with van der Waals surface area (Å²) in [5.41, 5.74) is 2.00. The Morgan fingerprint density at radius 2 is 2.09 bits per heavy atom. The Bertz CT molecular complexity index is 1390. The number of benzene rings is 1. The molecule has 182 valence electrons. The predicted octanol–water partition coefficient (Wildman–Crippen LogP) is 2.73. The van der Waals surface area contributed by atoms with E-state index >= 15 is 0 Å². The normalized spacial score (nSPS) is 21.3. The summed E-state index contributed by atoms with van der Waals surface area (Å²) in [4.78, 5) is 30.7. The molecule has 1 saturated heterocycles. The Morgan fingerprint density at radius 3 is 2.97 bits per heavy atom. The minimum Gasteiger partial charge on any atom is -0.480 e. The van der Waals surface area contributed by atoms with Crippen LogP contribution >= 0.6 is 11.6 Å². The number of nitrogens with one attached hydrogen (secondary N) is 2. The molecule has 2 aromatic heterocycles. The summed E-state index contributed by atoms with van der Waals surface area (Å²) in [6.45, 7) is 4.33. The zero-order chi connectivity index (χ0) is 24.1. The van der Waals surface area contributed by atoms with Crippen LogP contribution in [0.15, 0.2) is 35.1 Å². The molecule has 3 aromatic rings. The first-order valence-electron chi connectivity index (χ1n) is 11.8. The van der Waals surface area contributed by atoms with Crippen LogP contribution < -0.4 is 20.9 Å². The number of pyridine rings is 2. The number of carbonyl (C=O) groups is 1. The summed E-state index contributed by atoms with van der Waals surface area (Å²) >= 11 is 6.35. The highest BCUT2D eigenvalue weighted by Gasteiger charge is 2.32. The topological polar surface area (TPSA) is 88.5 Å². The van der Waals surface area contributed by atoms with Gasteiger partial charge in [-0.05, 0) is 49.0 Å². The quantitative estimate of drug-likeness (QED) is 0.544. The molecule has 0 saturated carbocycles. The van der Waals surface area contributed by atoms with Crippen LogP contribution in [0.3, 0.4) is 0 Å². The van der Waals surface area contributed by atoms with Gasteiger partial charge in [0.1, 0.15) is 5.82 Å². The van der Waals surface area contributed by atoms with Gasteiger partial charge in [-0.2, -0.15) is 0 Å². The molecule has 35 heavy (non-hydrogen) atoms. The average Bonchev–Trinajstić information content (AvgIpc) is 3.45. The SMILES string of the molecule is O=C1COc2cc(Cl)c(CNC[C@H]3CCN(CC4Cn5c(=O)ccc6ccc(F)c4c65)C3)nc2N1. The second-order valence-electron chi connectivity index (χ2n) is 9.52. The van der Waals surface area contributed by atoms with Crippen LogP contribution in [0.4, 0.5) is 10.2 Å². The minimum atomic E-state index is -0.233. The highest BCUT2D eigenvalue weighted by molar-refractivity contribution is 6.31. The molecule has 0 radical (unpaired) electrons. The molecule has 1 aromatic carbocycles. The van der Waals surface area contributed by atoms with Crippen molar-refractivity contribution < 1.29 is 13.9 Å². The second kappa shape index (κ2) is 8.89. The first-order chi connectivity index (χ1) is 17.0. The summed E-state index contributed by atoms with van der Waals surface area (Å²) in [6.07, 6.45) is 1.04. The largest absolute Gasteiger partial charge is 0.480 e. The fourth-order valence-corrected chi connectivity index (χ4v) is 5.73. The zero-order valence-electron chi connectivity index (χ0n) is 19.0. The molecule has 0 bridgehead atoms.